The SMILES string of the molecule is CCOc1cccc(NC(=O)C2CCNC2C)c1. The molecule has 1 aromatic carbocycles. The summed E-state index contributed by atoms with van der Waals surface area (Å²) in [6.45, 7) is 5.53. The summed E-state index contributed by atoms with van der Waals surface area (Å²) in [5.74, 6) is 0.926. The maximum absolute atomic E-state index is 12.1. The Morgan fingerprint density at radius 2 is 2.39 bits per heavy atom. The van der Waals surface area contributed by atoms with Gasteiger partial charge in [-0.2, -0.15) is 0 Å². The molecular weight excluding hydrogens is 228 g/mol. The van der Waals surface area contributed by atoms with Crippen molar-refractivity contribution in [1.82, 2.24) is 5.32 Å². The number of rotatable bonds is 4. The van der Waals surface area contributed by atoms with Crippen LogP contribution in [-0.4, -0.2) is 25.1 Å². The molecular formula is C14H20N2O2. The lowest BCUT2D eigenvalue weighted by molar-refractivity contribution is -0.119. The lowest BCUT2D eigenvalue weighted by atomic mass is 10.0. The molecule has 1 heterocycles. The number of ether oxygens (including phenoxy) is 1. The Labute approximate surface area is 108 Å². The highest BCUT2D eigenvalue weighted by Crippen LogP contribution is 2.21. The highest BCUT2D eigenvalue weighted by atomic mass is 16.5. The fourth-order valence-electron chi connectivity index (χ4n) is 2.28. The Kier molecular flexibility index (Phi) is 4.20. The third kappa shape index (κ3) is 3.01. The minimum atomic E-state index is 0.0562. The van der Waals surface area contributed by atoms with Crippen LogP contribution in [0.15, 0.2) is 24.3 Å². The van der Waals surface area contributed by atoms with Crippen molar-refractivity contribution >= 4 is 11.6 Å². The van der Waals surface area contributed by atoms with Crippen LogP contribution in [0.3, 0.4) is 0 Å². The molecule has 2 atom stereocenters. The molecule has 1 aliphatic heterocycles. The molecule has 0 radical (unpaired) electrons. The Bertz CT molecular complexity index is 420. The van der Waals surface area contributed by atoms with Crippen molar-refractivity contribution in [3.05, 3.63) is 24.3 Å². The van der Waals surface area contributed by atoms with Gasteiger partial charge >= 0.3 is 0 Å². The molecule has 0 spiro atoms. The average molecular weight is 248 g/mol. The van der Waals surface area contributed by atoms with E-state index in [1.807, 2.05) is 38.1 Å². The van der Waals surface area contributed by atoms with E-state index in [0.717, 1.165) is 24.4 Å². The third-order valence-electron chi connectivity index (χ3n) is 3.27. The Morgan fingerprint density at radius 3 is 3.06 bits per heavy atom. The second-order valence-electron chi connectivity index (χ2n) is 4.59. The van der Waals surface area contributed by atoms with Gasteiger partial charge in [0, 0.05) is 17.8 Å². The summed E-state index contributed by atoms with van der Waals surface area (Å²) in [6, 6.07) is 7.76. The van der Waals surface area contributed by atoms with Gasteiger partial charge in [-0.25, -0.2) is 0 Å². The van der Waals surface area contributed by atoms with E-state index in [-0.39, 0.29) is 17.9 Å². The summed E-state index contributed by atoms with van der Waals surface area (Å²) in [5, 5.41) is 6.24. The van der Waals surface area contributed by atoms with E-state index < -0.39 is 0 Å². The second-order valence-corrected chi connectivity index (χ2v) is 4.59. The Hall–Kier alpha value is -1.55. The summed E-state index contributed by atoms with van der Waals surface area (Å²) >= 11 is 0. The van der Waals surface area contributed by atoms with Crippen LogP contribution in [0.25, 0.3) is 0 Å². The Morgan fingerprint density at radius 1 is 1.56 bits per heavy atom. The van der Waals surface area contributed by atoms with Crippen molar-refractivity contribution in [3.63, 3.8) is 0 Å². The zero-order valence-corrected chi connectivity index (χ0v) is 10.9. The molecule has 18 heavy (non-hydrogen) atoms. The first-order valence-corrected chi connectivity index (χ1v) is 6.48. The second kappa shape index (κ2) is 5.87. The monoisotopic (exact) mass is 248 g/mol. The van der Waals surface area contributed by atoms with E-state index in [4.69, 9.17) is 4.74 Å². The van der Waals surface area contributed by atoms with Gasteiger partial charge in [-0.1, -0.05) is 6.07 Å². The standard InChI is InChI=1S/C14H20N2O2/c1-3-18-12-6-4-5-11(9-12)16-14(17)13-7-8-15-10(13)2/h4-6,9-10,13,15H,3,7-8H2,1-2H3,(H,16,17). The van der Waals surface area contributed by atoms with Crippen molar-refractivity contribution in [3.8, 4) is 5.75 Å². The lowest BCUT2D eigenvalue weighted by Gasteiger charge is -2.15. The number of carbonyl (C=O) groups excluding carboxylic acids is 1. The molecule has 0 aromatic heterocycles. The van der Waals surface area contributed by atoms with Crippen molar-refractivity contribution in [2.45, 2.75) is 26.3 Å². The van der Waals surface area contributed by atoms with Crippen molar-refractivity contribution in [2.24, 2.45) is 5.92 Å². The van der Waals surface area contributed by atoms with E-state index >= 15 is 0 Å². The maximum Gasteiger partial charge on any atom is 0.229 e. The smallest absolute Gasteiger partial charge is 0.229 e. The lowest BCUT2D eigenvalue weighted by Crippen LogP contribution is -2.32. The summed E-state index contributed by atoms with van der Waals surface area (Å²) in [7, 11) is 0. The summed E-state index contributed by atoms with van der Waals surface area (Å²) in [6.07, 6.45) is 0.901. The normalized spacial score (nSPS) is 22.8. The molecule has 1 amide bonds. The van der Waals surface area contributed by atoms with E-state index in [2.05, 4.69) is 10.6 Å². The molecule has 0 bridgehead atoms. The third-order valence-corrected chi connectivity index (χ3v) is 3.27. The van der Waals surface area contributed by atoms with Crippen LogP contribution in [0.4, 0.5) is 5.69 Å². The van der Waals surface area contributed by atoms with Crippen LogP contribution >= 0.6 is 0 Å². The van der Waals surface area contributed by atoms with E-state index in [1.54, 1.807) is 0 Å². The number of benzene rings is 1. The van der Waals surface area contributed by atoms with Gasteiger partial charge in [-0.3, -0.25) is 4.79 Å². The summed E-state index contributed by atoms with van der Waals surface area (Å²) in [4.78, 5) is 12.1. The van der Waals surface area contributed by atoms with Crippen LogP contribution in [-0.2, 0) is 4.79 Å². The molecule has 4 heteroatoms. The maximum atomic E-state index is 12.1. The fraction of sp³-hybridized carbons (Fsp3) is 0.500. The number of nitrogens with one attached hydrogen (secondary N) is 2. The van der Waals surface area contributed by atoms with E-state index in [0.29, 0.717) is 6.61 Å². The minimum absolute atomic E-state index is 0.0562. The van der Waals surface area contributed by atoms with Gasteiger partial charge in [-0.15, -0.1) is 0 Å². The highest BCUT2D eigenvalue weighted by Gasteiger charge is 2.29. The van der Waals surface area contributed by atoms with Gasteiger partial charge < -0.3 is 15.4 Å². The van der Waals surface area contributed by atoms with Gasteiger partial charge in [0.2, 0.25) is 5.91 Å². The van der Waals surface area contributed by atoms with Crippen LogP contribution < -0.4 is 15.4 Å². The zero-order chi connectivity index (χ0) is 13.0. The predicted octanol–water partition coefficient (Wildman–Crippen LogP) is 2.02. The van der Waals surface area contributed by atoms with E-state index in [9.17, 15) is 4.79 Å². The first-order valence-electron chi connectivity index (χ1n) is 6.48. The van der Waals surface area contributed by atoms with E-state index in [1.165, 1.54) is 0 Å². The molecule has 2 rings (SSSR count). The molecule has 0 aliphatic carbocycles. The fourth-order valence-corrected chi connectivity index (χ4v) is 2.28. The molecule has 1 fully saturated rings. The summed E-state index contributed by atoms with van der Waals surface area (Å²) in [5.41, 5.74) is 0.796. The molecule has 0 saturated carbocycles. The van der Waals surface area contributed by atoms with Crippen molar-refractivity contribution in [1.29, 1.82) is 0 Å². The van der Waals surface area contributed by atoms with Crippen LogP contribution in [0.1, 0.15) is 20.3 Å². The zero-order valence-electron chi connectivity index (χ0n) is 10.9. The number of hydrogen-bond acceptors (Lipinski definition) is 3. The van der Waals surface area contributed by atoms with Crippen molar-refractivity contribution < 1.29 is 9.53 Å². The molecule has 2 N–H and O–H groups in total. The minimum Gasteiger partial charge on any atom is -0.494 e. The van der Waals surface area contributed by atoms with Gasteiger partial charge in [0.05, 0.1) is 12.5 Å². The number of anilines is 1. The topological polar surface area (TPSA) is 50.4 Å². The average Bonchev–Trinajstić information content (AvgIpc) is 2.76. The summed E-state index contributed by atoms with van der Waals surface area (Å²) < 4.78 is 5.41. The first-order chi connectivity index (χ1) is 8.70. The van der Waals surface area contributed by atoms with Crippen molar-refractivity contribution in [2.75, 3.05) is 18.5 Å². The Balaban J connectivity index is 2.00. The molecule has 1 aliphatic rings. The van der Waals surface area contributed by atoms with Gasteiger partial charge in [0.1, 0.15) is 5.75 Å². The molecule has 1 aromatic rings. The van der Waals surface area contributed by atoms with Gasteiger partial charge in [-0.05, 0) is 38.9 Å². The first kappa shape index (κ1) is 12.9. The molecule has 1 saturated heterocycles. The molecule has 98 valence electrons. The number of amides is 1. The predicted molar refractivity (Wildman–Crippen MR) is 71.8 cm³/mol. The van der Waals surface area contributed by atoms with Crippen LogP contribution in [0, 0.1) is 5.92 Å². The van der Waals surface area contributed by atoms with Gasteiger partial charge in [0.25, 0.3) is 0 Å². The highest BCUT2D eigenvalue weighted by molar-refractivity contribution is 5.93. The molecule has 4 nitrogen and oxygen atoms in total. The van der Waals surface area contributed by atoms with Crippen LogP contribution in [0.5, 0.6) is 5.75 Å². The number of carbonyl (C=O) groups is 1. The quantitative estimate of drug-likeness (QED) is 0.857. The molecule has 2 unspecified atom stereocenters. The van der Waals surface area contributed by atoms with Gasteiger partial charge in [0.15, 0.2) is 0 Å². The van der Waals surface area contributed by atoms with Crippen LogP contribution in [0.2, 0.25) is 0 Å². The largest absolute Gasteiger partial charge is 0.494 e. The number of hydrogen-bond donors (Lipinski definition) is 2.